The van der Waals surface area contributed by atoms with Crippen LogP contribution in [0.15, 0.2) is 21.4 Å². The fraction of sp³-hybridized carbons (Fsp3) is 0.520. The highest BCUT2D eigenvalue weighted by atomic mass is 79.9. The predicted molar refractivity (Wildman–Crippen MR) is 131 cm³/mol. The smallest absolute Gasteiger partial charge is 0.253 e. The lowest BCUT2D eigenvalue weighted by Gasteiger charge is -2.35. The number of nitrogens with one attached hydrogen (secondary N) is 3. The number of aromatic amines is 1. The van der Waals surface area contributed by atoms with Crippen molar-refractivity contribution in [3.8, 4) is 11.5 Å². The summed E-state index contributed by atoms with van der Waals surface area (Å²) in [4.78, 5) is 28.5. The Morgan fingerprint density at radius 1 is 1.21 bits per heavy atom. The van der Waals surface area contributed by atoms with Gasteiger partial charge in [0.1, 0.15) is 0 Å². The number of ether oxygens (including phenoxy) is 2. The maximum atomic E-state index is 13.2. The summed E-state index contributed by atoms with van der Waals surface area (Å²) in [6.45, 7) is 9.84. The van der Waals surface area contributed by atoms with Gasteiger partial charge in [0, 0.05) is 41.8 Å². The molecule has 1 saturated heterocycles. The number of fused-ring (bicyclic) bond motifs is 1. The van der Waals surface area contributed by atoms with Gasteiger partial charge in [-0.3, -0.25) is 9.59 Å². The van der Waals surface area contributed by atoms with Gasteiger partial charge in [-0.15, -0.1) is 0 Å². The number of benzene rings is 1. The number of amides is 1. The SMILES string of the molecule is CCCc1cc(C)[nH]c(=O)c1CNC(=O)c1cc(Br)c2c(c1C)O[C@@](C)(C1CCNCC1)O2. The average molecular weight is 518 g/mol. The molecule has 1 fully saturated rings. The molecule has 1 atom stereocenters. The van der Waals surface area contributed by atoms with E-state index in [0.29, 0.717) is 27.1 Å². The third-order valence-electron chi connectivity index (χ3n) is 6.68. The third kappa shape index (κ3) is 4.68. The van der Waals surface area contributed by atoms with Gasteiger partial charge in [0.2, 0.25) is 0 Å². The van der Waals surface area contributed by atoms with E-state index in [9.17, 15) is 9.59 Å². The first-order chi connectivity index (χ1) is 15.7. The fourth-order valence-electron chi connectivity index (χ4n) is 4.83. The van der Waals surface area contributed by atoms with E-state index in [0.717, 1.165) is 55.6 Å². The zero-order valence-corrected chi connectivity index (χ0v) is 21.3. The summed E-state index contributed by atoms with van der Waals surface area (Å²) in [5, 5.41) is 6.31. The van der Waals surface area contributed by atoms with Gasteiger partial charge in [0.05, 0.1) is 4.47 Å². The maximum Gasteiger partial charge on any atom is 0.253 e. The number of halogens is 1. The number of aromatic nitrogens is 1. The van der Waals surface area contributed by atoms with Crippen LogP contribution in [0.25, 0.3) is 0 Å². The Kier molecular flexibility index (Phi) is 6.86. The van der Waals surface area contributed by atoms with Crippen LogP contribution in [0, 0.1) is 19.8 Å². The molecule has 8 heteroatoms. The second kappa shape index (κ2) is 9.50. The largest absolute Gasteiger partial charge is 0.448 e. The number of aryl methyl sites for hydroxylation is 2. The van der Waals surface area contributed by atoms with Gasteiger partial charge in [-0.2, -0.15) is 0 Å². The van der Waals surface area contributed by atoms with Crippen molar-refractivity contribution in [1.29, 1.82) is 0 Å². The van der Waals surface area contributed by atoms with E-state index in [1.54, 1.807) is 6.07 Å². The first kappa shape index (κ1) is 23.8. The highest BCUT2D eigenvalue weighted by Gasteiger charge is 2.46. The topological polar surface area (TPSA) is 92.5 Å². The standard InChI is InChI=1S/C25H32BrN3O4/c1-5-6-16-11-14(2)29-24(31)19(16)13-28-23(30)18-12-20(26)22-21(15(18)3)32-25(4,33-22)17-7-9-27-10-8-17/h11-12,17,27H,5-10,13H2,1-4H3,(H,28,30)(H,29,31)/t25-/m1/s1. The number of rotatable bonds is 6. The zero-order chi connectivity index (χ0) is 23.8. The normalized spacial score (nSPS) is 20.2. The van der Waals surface area contributed by atoms with Crippen LogP contribution in [0.5, 0.6) is 11.5 Å². The van der Waals surface area contributed by atoms with Crippen molar-refractivity contribution >= 4 is 21.8 Å². The molecule has 0 aliphatic carbocycles. The molecule has 0 spiro atoms. The molecule has 3 heterocycles. The Hall–Kier alpha value is -2.32. The zero-order valence-electron chi connectivity index (χ0n) is 19.7. The van der Waals surface area contributed by atoms with E-state index < -0.39 is 5.79 Å². The van der Waals surface area contributed by atoms with E-state index in [2.05, 4.69) is 38.5 Å². The van der Waals surface area contributed by atoms with Crippen LogP contribution >= 0.6 is 15.9 Å². The Bertz CT molecular complexity index is 1120. The molecule has 1 amide bonds. The molecular formula is C25H32BrN3O4. The molecule has 1 aromatic heterocycles. The molecule has 7 nitrogen and oxygen atoms in total. The molecule has 33 heavy (non-hydrogen) atoms. The number of carbonyl (C=O) groups excluding carboxylic acids is 1. The van der Waals surface area contributed by atoms with Gasteiger partial charge in [-0.25, -0.2) is 0 Å². The number of H-pyrrole nitrogens is 1. The lowest BCUT2D eigenvalue weighted by molar-refractivity contribution is -0.118. The minimum absolute atomic E-state index is 0.153. The Morgan fingerprint density at radius 3 is 2.61 bits per heavy atom. The number of hydrogen-bond donors (Lipinski definition) is 3. The van der Waals surface area contributed by atoms with Crippen molar-refractivity contribution in [2.45, 2.75) is 65.7 Å². The van der Waals surface area contributed by atoms with E-state index in [1.807, 2.05) is 26.8 Å². The Balaban J connectivity index is 1.56. The van der Waals surface area contributed by atoms with Gasteiger partial charge in [0.15, 0.2) is 11.5 Å². The second-order valence-electron chi connectivity index (χ2n) is 9.15. The van der Waals surface area contributed by atoms with Gasteiger partial charge < -0.3 is 25.1 Å². The summed E-state index contributed by atoms with van der Waals surface area (Å²) in [6.07, 6.45) is 3.66. The fourth-order valence-corrected chi connectivity index (χ4v) is 5.32. The lowest BCUT2D eigenvalue weighted by atomic mass is 9.90. The van der Waals surface area contributed by atoms with Crippen molar-refractivity contribution in [2.75, 3.05) is 13.1 Å². The molecule has 2 aromatic rings. The summed E-state index contributed by atoms with van der Waals surface area (Å²) in [6, 6.07) is 3.75. The van der Waals surface area contributed by atoms with Gasteiger partial charge in [-0.05, 0) is 79.8 Å². The molecule has 1 aromatic carbocycles. The number of piperidine rings is 1. The highest BCUT2D eigenvalue weighted by molar-refractivity contribution is 9.10. The molecule has 0 radical (unpaired) electrons. The van der Waals surface area contributed by atoms with Crippen LogP contribution in [-0.2, 0) is 13.0 Å². The summed E-state index contributed by atoms with van der Waals surface area (Å²) < 4.78 is 13.4. The van der Waals surface area contributed by atoms with Gasteiger partial charge in [-0.1, -0.05) is 13.3 Å². The summed E-state index contributed by atoms with van der Waals surface area (Å²) in [5.74, 6) is 0.509. The summed E-state index contributed by atoms with van der Waals surface area (Å²) >= 11 is 3.57. The molecule has 2 aliphatic heterocycles. The number of pyridine rings is 1. The summed E-state index contributed by atoms with van der Waals surface area (Å²) in [5.41, 5.74) is 3.48. The van der Waals surface area contributed by atoms with E-state index >= 15 is 0 Å². The first-order valence-corrected chi connectivity index (χ1v) is 12.4. The molecule has 3 N–H and O–H groups in total. The minimum Gasteiger partial charge on any atom is -0.448 e. The van der Waals surface area contributed by atoms with Gasteiger partial charge in [0.25, 0.3) is 17.3 Å². The van der Waals surface area contributed by atoms with Crippen molar-refractivity contribution in [3.63, 3.8) is 0 Å². The van der Waals surface area contributed by atoms with Crippen LogP contribution in [0.1, 0.15) is 65.9 Å². The maximum absolute atomic E-state index is 13.2. The molecule has 0 unspecified atom stereocenters. The molecule has 0 saturated carbocycles. The van der Waals surface area contributed by atoms with Crippen LogP contribution < -0.4 is 25.7 Å². The average Bonchev–Trinajstić information content (AvgIpc) is 3.16. The van der Waals surface area contributed by atoms with Crippen molar-refractivity contribution in [2.24, 2.45) is 5.92 Å². The lowest BCUT2D eigenvalue weighted by Crippen LogP contribution is -2.47. The quantitative estimate of drug-likeness (QED) is 0.535. The molecule has 178 valence electrons. The predicted octanol–water partition coefficient (Wildman–Crippen LogP) is 4.12. The number of carbonyl (C=O) groups is 1. The summed E-state index contributed by atoms with van der Waals surface area (Å²) in [7, 11) is 0. The molecular weight excluding hydrogens is 486 g/mol. The highest BCUT2D eigenvalue weighted by Crippen LogP contribution is 2.50. The monoisotopic (exact) mass is 517 g/mol. The van der Waals surface area contributed by atoms with Crippen LogP contribution in [-0.4, -0.2) is 29.8 Å². The third-order valence-corrected chi connectivity index (χ3v) is 7.27. The van der Waals surface area contributed by atoms with Crippen LogP contribution in [0.3, 0.4) is 0 Å². The van der Waals surface area contributed by atoms with Crippen LogP contribution in [0.2, 0.25) is 0 Å². The van der Waals surface area contributed by atoms with Crippen LogP contribution in [0.4, 0.5) is 0 Å². The van der Waals surface area contributed by atoms with E-state index in [1.165, 1.54) is 0 Å². The van der Waals surface area contributed by atoms with Crippen molar-refractivity contribution < 1.29 is 14.3 Å². The second-order valence-corrected chi connectivity index (χ2v) is 10.0. The molecule has 4 rings (SSSR count). The number of hydrogen-bond acceptors (Lipinski definition) is 5. The van der Waals surface area contributed by atoms with Crippen molar-refractivity contribution in [1.82, 2.24) is 15.6 Å². The Labute approximate surface area is 202 Å². The molecule has 2 aliphatic rings. The van der Waals surface area contributed by atoms with E-state index in [-0.39, 0.29) is 23.9 Å². The van der Waals surface area contributed by atoms with Gasteiger partial charge >= 0.3 is 0 Å². The Morgan fingerprint density at radius 2 is 1.91 bits per heavy atom. The van der Waals surface area contributed by atoms with E-state index in [4.69, 9.17) is 9.47 Å². The van der Waals surface area contributed by atoms with Crippen molar-refractivity contribution in [3.05, 3.63) is 54.9 Å². The molecule has 0 bridgehead atoms. The first-order valence-electron chi connectivity index (χ1n) is 11.6. The minimum atomic E-state index is -0.753.